The van der Waals surface area contributed by atoms with Gasteiger partial charge in [0, 0.05) is 21.1 Å². The fraction of sp³-hybridized carbons (Fsp3) is 0.357. The number of aromatic amines is 1. The lowest BCUT2D eigenvalue weighted by Crippen LogP contribution is -2.51. The van der Waals surface area contributed by atoms with Crippen LogP contribution < -0.4 is 5.32 Å². The van der Waals surface area contributed by atoms with Gasteiger partial charge in [-0.1, -0.05) is 15.9 Å². The molecule has 19 heavy (non-hydrogen) atoms. The number of hydrogen-bond donors (Lipinski definition) is 3. The van der Waals surface area contributed by atoms with Gasteiger partial charge in [-0.15, -0.1) is 0 Å². The highest BCUT2D eigenvalue weighted by Crippen LogP contribution is 2.31. The topological polar surface area (TPSA) is 65.1 Å². The van der Waals surface area contributed by atoms with Crippen LogP contribution in [0.3, 0.4) is 0 Å². The van der Waals surface area contributed by atoms with Crippen LogP contribution in [-0.2, 0) is 11.3 Å². The van der Waals surface area contributed by atoms with Crippen LogP contribution >= 0.6 is 15.9 Å². The minimum Gasteiger partial charge on any atom is -0.380 e. The maximum absolute atomic E-state index is 11.8. The Kier molecular flexibility index (Phi) is 3.11. The smallest absolute Gasteiger partial charge is 0.252 e. The minimum atomic E-state index is -1.13. The van der Waals surface area contributed by atoms with Crippen LogP contribution in [0.2, 0.25) is 0 Å². The molecule has 1 aliphatic rings. The molecular weight excluding hydrogens is 308 g/mol. The van der Waals surface area contributed by atoms with E-state index in [9.17, 15) is 9.90 Å². The maximum Gasteiger partial charge on any atom is 0.252 e. The SMILES string of the molecule is O=C(NCc1cc2cc(Br)ccc2[nH]1)C1(O)CCC1. The van der Waals surface area contributed by atoms with E-state index in [2.05, 4.69) is 26.2 Å². The monoisotopic (exact) mass is 322 g/mol. The van der Waals surface area contributed by atoms with Gasteiger partial charge in [0.05, 0.1) is 6.54 Å². The lowest BCUT2D eigenvalue weighted by atomic mass is 9.79. The summed E-state index contributed by atoms with van der Waals surface area (Å²) in [6.45, 7) is 0.410. The third-order valence-corrected chi connectivity index (χ3v) is 4.17. The summed E-state index contributed by atoms with van der Waals surface area (Å²) in [5, 5.41) is 13.8. The van der Waals surface area contributed by atoms with Gasteiger partial charge in [0.2, 0.25) is 0 Å². The van der Waals surface area contributed by atoms with E-state index in [0.29, 0.717) is 19.4 Å². The van der Waals surface area contributed by atoms with Crippen molar-refractivity contribution in [2.24, 2.45) is 0 Å². The normalized spacial score (nSPS) is 17.2. The predicted molar refractivity (Wildman–Crippen MR) is 76.6 cm³/mol. The Balaban J connectivity index is 1.70. The number of aliphatic hydroxyl groups is 1. The van der Waals surface area contributed by atoms with E-state index in [1.54, 1.807) is 0 Å². The van der Waals surface area contributed by atoms with Crippen molar-refractivity contribution in [3.05, 3.63) is 34.4 Å². The quantitative estimate of drug-likeness (QED) is 0.812. The van der Waals surface area contributed by atoms with Gasteiger partial charge in [0.1, 0.15) is 5.60 Å². The highest BCUT2D eigenvalue weighted by Gasteiger charge is 2.41. The Hall–Kier alpha value is -1.33. The van der Waals surface area contributed by atoms with E-state index in [4.69, 9.17) is 0 Å². The van der Waals surface area contributed by atoms with Crippen molar-refractivity contribution in [1.82, 2.24) is 10.3 Å². The molecule has 2 aromatic rings. The fourth-order valence-corrected chi connectivity index (χ4v) is 2.72. The van der Waals surface area contributed by atoms with Crippen LogP contribution in [-0.4, -0.2) is 21.6 Å². The number of carbonyl (C=O) groups excluding carboxylic acids is 1. The molecule has 1 saturated carbocycles. The van der Waals surface area contributed by atoms with E-state index < -0.39 is 5.60 Å². The minimum absolute atomic E-state index is 0.265. The van der Waals surface area contributed by atoms with Crippen molar-refractivity contribution in [3.8, 4) is 0 Å². The van der Waals surface area contributed by atoms with Gasteiger partial charge in [0.25, 0.3) is 5.91 Å². The van der Waals surface area contributed by atoms with E-state index in [1.807, 2.05) is 24.3 Å². The largest absolute Gasteiger partial charge is 0.380 e. The average molecular weight is 323 g/mol. The van der Waals surface area contributed by atoms with Gasteiger partial charge in [-0.2, -0.15) is 0 Å². The highest BCUT2D eigenvalue weighted by molar-refractivity contribution is 9.10. The van der Waals surface area contributed by atoms with Crippen molar-refractivity contribution in [2.75, 3.05) is 0 Å². The van der Waals surface area contributed by atoms with Crippen molar-refractivity contribution in [1.29, 1.82) is 0 Å². The second-order valence-corrected chi connectivity index (χ2v) is 6.01. The van der Waals surface area contributed by atoms with Gasteiger partial charge in [-0.3, -0.25) is 4.79 Å². The molecule has 1 aromatic carbocycles. The van der Waals surface area contributed by atoms with E-state index in [-0.39, 0.29) is 5.91 Å². The first-order chi connectivity index (χ1) is 9.07. The summed E-state index contributed by atoms with van der Waals surface area (Å²) >= 11 is 3.43. The number of amides is 1. The van der Waals surface area contributed by atoms with Crippen molar-refractivity contribution >= 4 is 32.7 Å². The summed E-state index contributed by atoms with van der Waals surface area (Å²) < 4.78 is 1.03. The number of rotatable bonds is 3. The van der Waals surface area contributed by atoms with Crippen LogP contribution in [0.4, 0.5) is 0 Å². The number of aromatic nitrogens is 1. The molecule has 0 aliphatic heterocycles. The van der Waals surface area contributed by atoms with Crippen LogP contribution in [0.5, 0.6) is 0 Å². The fourth-order valence-electron chi connectivity index (χ4n) is 2.34. The first kappa shape index (κ1) is 12.7. The van der Waals surface area contributed by atoms with Crippen molar-refractivity contribution in [3.63, 3.8) is 0 Å². The zero-order valence-corrected chi connectivity index (χ0v) is 12.0. The number of hydrogen-bond acceptors (Lipinski definition) is 2. The van der Waals surface area contributed by atoms with Crippen LogP contribution in [0, 0.1) is 0 Å². The van der Waals surface area contributed by atoms with Gasteiger partial charge in [-0.25, -0.2) is 0 Å². The lowest BCUT2D eigenvalue weighted by Gasteiger charge is -2.34. The molecule has 0 spiro atoms. The Bertz CT molecular complexity index is 631. The number of fused-ring (bicyclic) bond motifs is 1. The summed E-state index contributed by atoms with van der Waals surface area (Å²) in [4.78, 5) is 15.1. The zero-order chi connectivity index (χ0) is 13.5. The predicted octanol–water partition coefficient (Wildman–Crippen LogP) is 2.46. The van der Waals surface area contributed by atoms with Crippen LogP contribution in [0.25, 0.3) is 10.9 Å². The van der Waals surface area contributed by atoms with E-state index in [0.717, 1.165) is 27.5 Å². The molecule has 0 unspecified atom stereocenters. The third-order valence-electron chi connectivity index (χ3n) is 3.68. The maximum atomic E-state index is 11.8. The van der Waals surface area contributed by atoms with Crippen molar-refractivity contribution in [2.45, 2.75) is 31.4 Å². The van der Waals surface area contributed by atoms with Gasteiger partial charge < -0.3 is 15.4 Å². The Morgan fingerprint density at radius 2 is 2.21 bits per heavy atom. The second-order valence-electron chi connectivity index (χ2n) is 5.09. The Morgan fingerprint density at radius 3 is 2.89 bits per heavy atom. The molecule has 0 saturated heterocycles. The molecule has 1 fully saturated rings. The first-order valence-corrected chi connectivity index (χ1v) is 7.14. The molecule has 1 aliphatic carbocycles. The average Bonchev–Trinajstić information content (AvgIpc) is 2.74. The number of carbonyl (C=O) groups is 1. The molecule has 1 amide bonds. The summed E-state index contributed by atoms with van der Waals surface area (Å²) in [6, 6.07) is 7.99. The molecule has 5 heteroatoms. The molecule has 1 heterocycles. The second kappa shape index (κ2) is 4.65. The zero-order valence-electron chi connectivity index (χ0n) is 10.4. The van der Waals surface area contributed by atoms with Crippen LogP contribution in [0.15, 0.2) is 28.7 Å². The number of benzene rings is 1. The molecule has 0 bridgehead atoms. The molecule has 100 valence electrons. The molecule has 3 rings (SSSR count). The highest BCUT2D eigenvalue weighted by atomic mass is 79.9. The molecule has 0 radical (unpaired) electrons. The van der Waals surface area contributed by atoms with E-state index >= 15 is 0 Å². The number of halogens is 1. The molecular formula is C14H15BrN2O2. The molecule has 1 aromatic heterocycles. The summed E-state index contributed by atoms with van der Waals surface area (Å²) in [6.07, 6.45) is 2.06. The Labute approximate surface area is 119 Å². The lowest BCUT2D eigenvalue weighted by molar-refractivity contribution is -0.148. The van der Waals surface area contributed by atoms with Gasteiger partial charge in [0.15, 0.2) is 0 Å². The van der Waals surface area contributed by atoms with Crippen LogP contribution in [0.1, 0.15) is 25.0 Å². The van der Waals surface area contributed by atoms with Crippen molar-refractivity contribution < 1.29 is 9.90 Å². The Morgan fingerprint density at radius 1 is 1.42 bits per heavy atom. The van der Waals surface area contributed by atoms with Gasteiger partial charge in [-0.05, 0) is 43.5 Å². The summed E-state index contributed by atoms with van der Waals surface area (Å²) in [5.41, 5.74) is 0.842. The molecule has 4 nitrogen and oxygen atoms in total. The summed E-state index contributed by atoms with van der Waals surface area (Å²) in [7, 11) is 0. The number of H-pyrrole nitrogens is 1. The summed E-state index contributed by atoms with van der Waals surface area (Å²) in [5.74, 6) is -0.265. The number of nitrogens with one attached hydrogen (secondary N) is 2. The molecule has 3 N–H and O–H groups in total. The van der Waals surface area contributed by atoms with E-state index in [1.165, 1.54) is 0 Å². The third kappa shape index (κ3) is 2.40. The first-order valence-electron chi connectivity index (χ1n) is 6.35. The van der Waals surface area contributed by atoms with Gasteiger partial charge >= 0.3 is 0 Å². The molecule has 0 atom stereocenters. The standard InChI is InChI=1S/C14H15BrN2O2/c15-10-2-3-12-9(6-10)7-11(17-12)8-16-13(18)14(19)4-1-5-14/h2-3,6-7,17,19H,1,4-5,8H2,(H,16,18).